The zero-order valence-electron chi connectivity index (χ0n) is 11.5. The van der Waals surface area contributed by atoms with Gasteiger partial charge >= 0.3 is 7.12 Å². The van der Waals surface area contributed by atoms with E-state index in [1.807, 2.05) is 40.7 Å². The summed E-state index contributed by atoms with van der Waals surface area (Å²) in [7, 11) is -0.517. The third kappa shape index (κ3) is 2.08. The van der Waals surface area contributed by atoms with E-state index in [1.165, 1.54) is 0 Å². The standard InChI is InChI=1S/C13H18BNO3/c1-9-6-11(10(8-16)7-15-9)14-17-12(2,3)13(4,5)18-14/h6-8H,1-5H3. The van der Waals surface area contributed by atoms with Crippen molar-refractivity contribution in [2.45, 2.75) is 45.8 Å². The second-order valence-corrected chi connectivity index (χ2v) is 5.66. The van der Waals surface area contributed by atoms with Gasteiger partial charge < -0.3 is 9.31 Å². The van der Waals surface area contributed by atoms with Gasteiger partial charge in [-0.3, -0.25) is 9.78 Å². The number of rotatable bonds is 2. The van der Waals surface area contributed by atoms with Crippen LogP contribution in [-0.4, -0.2) is 29.6 Å². The van der Waals surface area contributed by atoms with E-state index in [1.54, 1.807) is 6.20 Å². The molecule has 0 aliphatic carbocycles. The quantitative estimate of drug-likeness (QED) is 0.587. The highest BCUT2D eigenvalue weighted by molar-refractivity contribution is 6.63. The van der Waals surface area contributed by atoms with Crippen molar-refractivity contribution in [2.75, 3.05) is 0 Å². The topological polar surface area (TPSA) is 48.4 Å². The minimum Gasteiger partial charge on any atom is -0.399 e. The number of pyridine rings is 1. The average Bonchev–Trinajstić information content (AvgIpc) is 2.48. The zero-order chi connectivity index (χ0) is 13.6. The number of aryl methyl sites for hydroxylation is 1. The first-order valence-electron chi connectivity index (χ1n) is 6.04. The lowest BCUT2D eigenvalue weighted by Gasteiger charge is -2.32. The van der Waals surface area contributed by atoms with E-state index in [4.69, 9.17) is 9.31 Å². The lowest BCUT2D eigenvalue weighted by Crippen LogP contribution is -2.41. The highest BCUT2D eigenvalue weighted by Crippen LogP contribution is 2.36. The number of aldehydes is 1. The Morgan fingerprint density at radius 3 is 2.28 bits per heavy atom. The Morgan fingerprint density at radius 1 is 1.22 bits per heavy atom. The van der Waals surface area contributed by atoms with E-state index in [9.17, 15) is 4.79 Å². The molecule has 5 heteroatoms. The third-order valence-corrected chi connectivity index (χ3v) is 3.74. The molecule has 0 N–H and O–H groups in total. The van der Waals surface area contributed by atoms with Crippen LogP contribution in [0.25, 0.3) is 0 Å². The summed E-state index contributed by atoms with van der Waals surface area (Å²) in [6.45, 7) is 9.83. The Hall–Kier alpha value is -1.20. The average molecular weight is 247 g/mol. The van der Waals surface area contributed by atoms with E-state index in [2.05, 4.69) is 4.98 Å². The number of nitrogens with zero attached hydrogens (tertiary/aromatic N) is 1. The van der Waals surface area contributed by atoms with Gasteiger partial charge in [-0.2, -0.15) is 0 Å². The van der Waals surface area contributed by atoms with Crippen molar-refractivity contribution in [3.63, 3.8) is 0 Å². The van der Waals surface area contributed by atoms with Crippen LogP contribution in [0.4, 0.5) is 0 Å². The predicted octanol–water partition coefficient (Wildman–Crippen LogP) is 1.50. The highest BCUT2D eigenvalue weighted by Gasteiger charge is 2.52. The molecule has 1 aromatic heterocycles. The van der Waals surface area contributed by atoms with Gasteiger partial charge in [0.05, 0.1) is 11.2 Å². The normalized spacial score (nSPS) is 21.1. The fourth-order valence-electron chi connectivity index (χ4n) is 1.86. The fourth-order valence-corrected chi connectivity index (χ4v) is 1.86. The van der Waals surface area contributed by atoms with Gasteiger partial charge in [0.25, 0.3) is 0 Å². The molecule has 96 valence electrons. The molecule has 18 heavy (non-hydrogen) atoms. The Morgan fingerprint density at radius 2 is 1.78 bits per heavy atom. The Kier molecular flexibility index (Phi) is 3.07. The molecule has 0 unspecified atom stereocenters. The molecule has 0 atom stereocenters. The molecular formula is C13H18BNO3. The molecule has 0 bridgehead atoms. The Bertz CT molecular complexity index is 469. The molecule has 0 aromatic carbocycles. The van der Waals surface area contributed by atoms with Crippen LogP contribution in [0.3, 0.4) is 0 Å². The summed E-state index contributed by atoms with van der Waals surface area (Å²) < 4.78 is 11.9. The maximum atomic E-state index is 11.1. The van der Waals surface area contributed by atoms with Gasteiger partial charge in [0.1, 0.15) is 0 Å². The number of hydrogen-bond donors (Lipinski definition) is 0. The first-order valence-corrected chi connectivity index (χ1v) is 6.04. The van der Waals surface area contributed by atoms with Crippen LogP contribution in [0, 0.1) is 6.92 Å². The Labute approximate surface area is 108 Å². The van der Waals surface area contributed by atoms with Crippen molar-refractivity contribution in [2.24, 2.45) is 0 Å². The van der Waals surface area contributed by atoms with E-state index in [-0.39, 0.29) is 0 Å². The first kappa shape index (κ1) is 13.2. The number of aromatic nitrogens is 1. The van der Waals surface area contributed by atoms with E-state index >= 15 is 0 Å². The van der Waals surface area contributed by atoms with Gasteiger partial charge in [0.2, 0.25) is 0 Å². The monoisotopic (exact) mass is 247 g/mol. The van der Waals surface area contributed by atoms with Crippen molar-refractivity contribution in [1.82, 2.24) is 4.98 Å². The van der Waals surface area contributed by atoms with Gasteiger partial charge in [0, 0.05) is 17.5 Å². The summed E-state index contributed by atoms with van der Waals surface area (Å²) in [4.78, 5) is 15.2. The second-order valence-electron chi connectivity index (χ2n) is 5.66. The molecule has 1 aromatic rings. The lowest BCUT2D eigenvalue weighted by molar-refractivity contribution is 0.00578. The first-order chi connectivity index (χ1) is 8.27. The molecule has 4 nitrogen and oxygen atoms in total. The molecule has 2 rings (SSSR count). The van der Waals surface area contributed by atoms with Crippen molar-refractivity contribution >= 4 is 18.9 Å². The number of carbonyl (C=O) groups excluding carboxylic acids is 1. The van der Waals surface area contributed by atoms with Crippen LogP contribution in [0.15, 0.2) is 12.3 Å². The maximum Gasteiger partial charge on any atom is 0.495 e. The second kappa shape index (κ2) is 4.18. The SMILES string of the molecule is Cc1cc(B2OC(C)(C)C(C)(C)O2)c(C=O)cn1. The molecule has 1 aliphatic heterocycles. The highest BCUT2D eigenvalue weighted by atomic mass is 16.7. The van der Waals surface area contributed by atoms with Gasteiger partial charge in [-0.25, -0.2) is 0 Å². The van der Waals surface area contributed by atoms with Crippen LogP contribution >= 0.6 is 0 Å². The van der Waals surface area contributed by atoms with E-state index < -0.39 is 18.3 Å². The summed E-state index contributed by atoms with van der Waals surface area (Å²) >= 11 is 0. The van der Waals surface area contributed by atoms with Gasteiger partial charge in [-0.1, -0.05) is 0 Å². The molecule has 2 heterocycles. The maximum absolute atomic E-state index is 11.1. The van der Waals surface area contributed by atoms with Crippen LogP contribution < -0.4 is 5.46 Å². The van der Waals surface area contributed by atoms with Crippen LogP contribution in [0.2, 0.25) is 0 Å². The summed E-state index contributed by atoms with van der Waals surface area (Å²) in [6.07, 6.45) is 2.34. The summed E-state index contributed by atoms with van der Waals surface area (Å²) in [5.74, 6) is 0. The molecule has 1 fully saturated rings. The molecule has 1 aliphatic rings. The van der Waals surface area contributed by atoms with Crippen molar-refractivity contribution in [3.8, 4) is 0 Å². The van der Waals surface area contributed by atoms with Gasteiger partial charge in [-0.05, 0) is 46.1 Å². The molecular weight excluding hydrogens is 229 g/mol. The van der Waals surface area contributed by atoms with Crippen molar-refractivity contribution in [1.29, 1.82) is 0 Å². The molecule has 0 radical (unpaired) electrons. The number of hydrogen-bond acceptors (Lipinski definition) is 4. The Balaban J connectivity index is 2.40. The summed E-state index contributed by atoms with van der Waals surface area (Å²) in [5, 5.41) is 0. The van der Waals surface area contributed by atoms with Crippen LogP contribution in [0.5, 0.6) is 0 Å². The van der Waals surface area contributed by atoms with Crippen LogP contribution in [-0.2, 0) is 9.31 Å². The van der Waals surface area contributed by atoms with Gasteiger partial charge in [-0.15, -0.1) is 0 Å². The van der Waals surface area contributed by atoms with Gasteiger partial charge in [0.15, 0.2) is 6.29 Å². The largest absolute Gasteiger partial charge is 0.495 e. The zero-order valence-corrected chi connectivity index (χ0v) is 11.5. The molecule has 1 saturated heterocycles. The summed E-state index contributed by atoms with van der Waals surface area (Å²) in [6, 6.07) is 1.84. The predicted molar refractivity (Wildman–Crippen MR) is 70.1 cm³/mol. The van der Waals surface area contributed by atoms with Crippen LogP contribution in [0.1, 0.15) is 43.7 Å². The van der Waals surface area contributed by atoms with E-state index in [0.717, 1.165) is 17.4 Å². The minimum absolute atomic E-state index is 0.408. The summed E-state index contributed by atoms with van der Waals surface area (Å²) in [5.41, 5.74) is 1.28. The molecule has 0 amide bonds. The van der Waals surface area contributed by atoms with Crippen molar-refractivity contribution in [3.05, 3.63) is 23.5 Å². The third-order valence-electron chi connectivity index (χ3n) is 3.74. The smallest absolute Gasteiger partial charge is 0.399 e. The minimum atomic E-state index is -0.517. The van der Waals surface area contributed by atoms with E-state index in [0.29, 0.717) is 5.56 Å². The lowest BCUT2D eigenvalue weighted by atomic mass is 9.76. The molecule has 0 saturated carbocycles. The molecule has 0 spiro atoms. The van der Waals surface area contributed by atoms with Crippen molar-refractivity contribution < 1.29 is 14.1 Å². The number of carbonyl (C=O) groups is 1. The fraction of sp³-hybridized carbons (Fsp3) is 0.538.